The summed E-state index contributed by atoms with van der Waals surface area (Å²) < 4.78 is 9.94. The molecule has 0 amide bonds. The molecule has 1 fully saturated rings. The highest BCUT2D eigenvalue weighted by molar-refractivity contribution is 5.86. The van der Waals surface area contributed by atoms with E-state index >= 15 is 0 Å². The van der Waals surface area contributed by atoms with Crippen LogP contribution in [0.1, 0.15) is 17.9 Å². The molecule has 0 radical (unpaired) electrons. The maximum atomic E-state index is 11.5. The predicted molar refractivity (Wildman–Crippen MR) is 59.3 cm³/mol. The lowest BCUT2D eigenvalue weighted by Gasteiger charge is -2.11. The highest BCUT2D eigenvalue weighted by Gasteiger charge is 2.59. The van der Waals surface area contributed by atoms with Crippen LogP contribution in [0.5, 0.6) is 5.75 Å². The number of rotatable bonds is 3. The minimum absolute atomic E-state index is 0.00361. The summed E-state index contributed by atoms with van der Waals surface area (Å²) in [5, 5.41) is 0. The summed E-state index contributed by atoms with van der Waals surface area (Å²) in [7, 11) is 2.96. The first-order chi connectivity index (χ1) is 7.63. The normalized spacial score (nSPS) is 27.3. The zero-order valence-corrected chi connectivity index (χ0v) is 9.40. The van der Waals surface area contributed by atoms with Crippen LogP contribution in [0.25, 0.3) is 0 Å². The average molecular weight is 221 g/mol. The first-order valence-corrected chi connectivity index (χ1v) is 5.13. The van der Waals surface area contributed by atoms with Gasteiger partial charge in [-0.2, -0.15) is 0 Å². The molecule has 0 aliphatic heterocycles. The number of carbonyl (C=O) groups is 1. The SMILES string of the molecule is COC(=O)C1(N)CC1c1ccccc1OC. The first-order valence-electron chi connectivity index (χ1n) is 5.13. The van der Waals surface area contributed by atoms with Crippen molar-refractivity contribution >= 4 is 5.97 Å². The molecule has 0 saturated heterocycles. The smallest absolute Gasteiger partial charge is 0.326 e. The maximum absolute atomic E-state index is 11.5. The van der Waals surface area contributed by atoms with E-state index in [9.17, 15) is 4.79 Å². The molecule has 1 aromatic rings. The molecule has 2 unspecified atom stereocenters. The van der Waals surface area contributed by atoms with Crippen molar-refractivity contribution in [1.29, 1.82) is 0 Å². The number of esters is 1. The molecule has 2 atom stereocenters. The molecule has 0 bridgehead atoms. The number of carbonyl (C=O) groups excluding carboxylic acids is 1. The Morgan fingerprint density at radius 1 is 1.44 bits per heavy atom. The molecular weight excluding hydrogens is 206 g/mol. The minimum Gasteiger partial charge on any atom is -0.496 e. The quantitative estimate of drug-likeness (QED) is 0.775. The number of methoxy groups -OCH3 is 2. The van der Waals surface area contributed by atoms with Crippen molar-refractivity contribution in [2.45, 2.75) is 17.9 Å². The van der Waals surface area contributed by atoms with E-state index in [1.54, 1.807) is 7.11 Å². The summed E-state index contributed by atoms with van der Waals surface area (Å²) in [6.07, 6.45) is 0.611. The summed E-state index contributed by atoms with van der Waals surface area (Å²) >= 11 is 0. The molecule has 1 aliphatic carbocycles. The highest BCUT2D eigenvalue weighted by atomic mass is 16.5. The lowest BCUT2D eigenvalue weighted by Crippen LogP contribution is -2.35. The minimum atomic E-state index is -0.872. The van der Waals surface area contributed by atoms with Crippen molar-refractivity contribution in [2.75, 3.05) is 14.2 Å². The fraction of sp³-hybridized carbons (Fsp3) is 0.417. The van der Waals surface area contributed by atoms with Crippen molar-refractivity contribution in [3.63, 3.8) is 0 Å². The Balaban J connectivity index is 2.26. The van der Waals surface area contributed by atoms with Gasteiger partial charge in [-0.1, -0.05) is 18.2 Å². The van der Waals surface area contributed by atoms with Gasteiger partial charge in [-0.3, -0.25) is 4.79 Å². The molecular formula is C12H15NO3. The van der Waals surface area contributed by atoms with Crippen LogP contribution in [0.15, 0.2) is 24.3 Å². The third-order valence-corrected chi connectivity index (χ3v) is 3.08. The standard InChI is InChI=1S/C12H15NO3/c1-15-10-6-4-3-5-8(10)9-7-12(9,13)11(14)16-2/h3-6,9H,7,13H2,1-2H3. The number of nitrogens with two attached hydrogens (primary N) is 1. The monoisotopic (exact) mass is 221 g/mol. The van der Waals surface area contributed by atoms with Gasteiger partial charge in [-0.15, -0.1) is 0 Å². The molecule has 4 nitrogen and oxygen atoms in total. The molecule has 2 N–H and O–H groups in total. The van der Waals surface area contributed by atoms with Crippen LogP contribution in [0, 0.1) is 0 Å². The van der Waals surface area contributed by atoms with Crippen molar-refractivity contribution in [2.24, 2.45) is 5.73 Å². The molecule has 1 aliphatic rings. The van der Waals surface area contributed by atoms with Gasteiger partial charge < -0.3 is 15.2 Å². The Morgan fingerprint density at radius 2 is 2.12 bits per heavy atom. The largest absolute Gasteiger partial charge is 0.496 e. The summed E-state index contributed by atoms with van der Waals surface area (Å²) in [6.45, 7) is 0. The van der Waals surface area contributed by atoms with Crippen LogP contribution >= 0.6 is 0 Å². The molecule has 1 saturated carbocycles. The van der Waals surface area contributed by atoms with E-state index in [-0.39, 0.29) is 11.9 Å². The second-order valence-corrected chi connectivity index (χ2v) is 4.03. The first kappa shape index (κ1) is 11.0. The average Bonchev–Trinajstić information content (AvgIpc) is 3.01. The molecule has 1 aromatic carbocycles. The second kappa shape index (κ2) is 3.79. The summed E-state index contributed by atoms with van der Waals surface area (Å²) in [4.78, 5) is 11.5. The molecule has 2 rings (SSSR count). The van der Waals surface area contributed by atoms with E-state index in [0.717, 1.165) is 11.3 Å². The van der Waals surface area contributed by atoms with E-state index in [2.05, 4.69) is 0 Å². The Hall–Kier alpha value is -1.55. The second-order valence-electron chi connectivity index (χ2n) is 4.03. The lowest BCUT2D eigenvalue weighted by molar-refractivity contribution is -0.143. The molecule has 0 aromatic heterocycles. The number of para-hydroxylation sites is 1. The highest BCUT2D eigenvalue weighted by Crippen LogP contribution is 2.52. The summed E-state index contributed by atoms with van der Waals surface area (Å²) in [6, 6.07) is 7.60. The molecule has 0 heterocycles. The van der Waals surface area contributed by atoms with E-state index in [1.807, 2.05) is 24.3 Å². The molecule has 0 spiro atoms. The Kier molecular flexibility index (Phi) is 2.59. The number of hydrogen-bond acceptors (Lipinski definition) is 4. The third-order valence-electron chi connectivity index (χ3n) is 3.08. The van der Waals surface area contributed by atoms with Crippen LogP contribution < -0.4 is 10.5 Å². The van der Waals surface area contributed by atoms with Gasteiger partial charge in [-0.05, 0) is 18.1 Å². The van der Waals surface area contributed by atoms with E-state index in [4.69, 9.17) is 15.2 Å². The van der Waals surface area contributed by atoms with Gasteiger partial charge in [0, 0.05) is 5.92 Å². The van der Waals surface area contributed by atoms with Crippen LogP contribution in [0.4, 0.5) is 0 Å². The van der Waals surface area contributed by atoms with Crippen LogP contribution in [0.2, 0.25) is 0 Å². The Morgan fingerprint density at radius 3 is 2.75 bits per heavy atom. The van der Waals surface area contributed by atoms with Crippen LogP contribution in [-0.4, -0.2) is 25.7 Å². The number of benzene rings is 1. The van der Waals surface area contributed by atoms with Gasteiger partial charge in [0.05, 0.1) is 14.2 Å². The molecule has 16 heavy (non-hydrogen) atoms. The fourth-order valence-corrected chi connectivity index (χ4v) is 2.04. The van der Waals surface area contributed by atoms with Crippen molar-refractivity contribution in [3.05, 3.63) is 29.8 Å². The summed E-state index contributed by atoms with van der Waals surface area (Å²) in [5.74, 6) is 0.406. The van der Waals surface area contributed by atoms with Crippen molar-refractivity contribution in [3.8, 4) is 5.75 Å². The Bertz CT molecular complexity index is 418. The predicted octanol–water partition coefficient (Wildman–Crippen LogP) is 1.05. The zero-order valence-electron chi connectivity index (χ0n) is 9.40. The molecule has 86 valence electrons. The third kappa shape index (κ3) is 1.55. The van der Waals surface area contributed by atoms with Gasteiger partial charge in [0.15, 0.2) is 0 Å². The van der Waals surface area contributed by atoms with Crippen LogP contribution in [0.3, 0.4) is 0 Å². The lowest BCUT2D eigenvalue weighted by atomic mass is 10.1. The summed E-state index contributed by atoms with van der Waals surface area (Å²) in [5.41, 5.74) is 6.07. The topological polar surface area (TPSA) is 61.5 Å². The van der Waals surface area contributed by atoms with E-state index in [0.29, 0.717) is 6.42 Å². The van der Waals surface area contributed by atoms with E-state index < -0.39 is 5.54 Å². The Labute approximate surface area is 94.3 Å². The number of ether oxygens (including phenoxy) is 2. The maximum Gasteiger partial charge on any atom is 0.326 e. The van der Waals surface area contributed by atoms with Gasteiger partial charge >= 0.3 is 5.97 Å². The van der Waals surface area contributed by atoms with Crippen LogP contribution in [-0.2, 0) is 9.53 Å². The van der Waals surface area contributed by atoms with E-state index in [1.165, 1.54) is 7.11 Å². The molecule has 4 heteroatoms. The van der Waals surface area contributed by atoms with Gasteiger partial charge in [0.25, 0.3) is 0 Å². The number of hydrogen-bond donors (Lipinski definition) is 1. The van der Waals surface area contributed by atoms with Gasteiger partial charge in [-0.25, -0.2) is 0 Å². The fourth-order valence-electron chi connectivity index (χ4n) is 2.04. The van der Waals surface area contributed by atoms with Gasteiger partial charge in [0.2, 0.25) is 0 Å². The van der Waals surface area contributed by atoms with Crippen molar-refractivity contribution in [1.82, 2.24) is 0 Å². The van der Waals surface area contributed by atoms with Crippen molar-refractivity contribution < 1.29 is 14.3 Å². The zero-order chi connectivity index (χ0) is 11.8. The van der Waals surface area contributed by atoms with Gasteiger partial charge in [0.1, 0.15) is 11.3 Å².